The Hall–Kier alpha value is -2.50. The number of oxazole rings is 1. The minimum atomic E-state index is -0.618. The summed E-state index contributed by atoms with van der Waals surface area (Å²) in [4.78, 5) is 15.8. The number of nitrogens with zero attached hydrogens (tertiary/aromatic N) is 1. The van der Waals surface area contributed by atoms with Gasteiger partial charge in [0.1, 0.15) is 24.3 Å². The average Bonchev–Trinajstić information content (AvgIpc) is 3.02. The molecular weight excluding hydrogens is 351 g/mol. The van der Waals surface area contributed by atoms with Crippen LogP contribution in [0.15, 0.2) is 53.1 Å². The summed E-state index contributed by atoms with van der Waals surface area (Å²) in [5, 5.41) is 0.997. The van der Waals surface area contributed by atoms with Crippen molar-refractivity contribution < 1.29 is 13.9 Å². The summed E-state index contributed by atoms with van der Waals surface area (Å²) in [5.74, 6) is 0.147. The molecule has 122 valence electrons. The fourth-order valence-corrected chi connectivity index (χ4v) is 2.46. The molecule has 2 N–H and O–H groups in total. The molecule has 0 aliphatic rings. The standard InChI is InChI=1S/C17H12Cl2N2O3/c18-11-3-1-2-10(6-11)17-21-13(9-24-17)8-23-15-5-4-12(19)7-14(15)16(20)22/h1-7,9H,8H2,(H2,20,22). The van der Waals surface area contributed by atoms with Crippen LogP contribution in [-0.2, 0) is 6.61 Å². The Morgan fingerprint density at radius 3 is 2.71 bits per heavy atom. The lowest BCUT2D eigenvalue weighted by atomic mass is 10.2. The summed E-state index contributed by atoms with van der Waals surface area (Å²) in [6, 6.07) is 11.8. The van der Waals surface area contributed by atoms with Crippen molar-refractivity contribution in [3.05, 3.63) is 70.0 Å². The molecule has 0 aliphatic carbocycles. The predicted molar refractivity (Wildman–Crippen MR) is 91.3 cm³/mol. The number of hydrogen-bond donors (Lipinski definition) is 1. The zero-order valence-electron chi connectivity index (χ0n) is 12.3. The van der Waals surface area contributed by atoms with E-state index in [9.17, 15) is 4.79 Å². The Morgan fingerprint density at radius 1 is 1.17 bits per heavy atom. The van der Waals surface area contributed by atoms with Crippen LogP contribution in [-0.4, -0.2) is 10.9 Å². The van der Waals surface area contributed by atoms with Crippen molar-refractivity contribution in [3.8, 4) is 17.2 Å². The fourth-order valence-electron chi connectivity index (χ4n) is 2.10. The first-order valence-corrected chi connectivity index (χ1v) is 7.71. The molecule has 0 aliphatic heterocycles. The monoisotopic (exact) mass is 362 g/mol. The van der Waals surface area contributed by atoms with Gasteiger partial charge in [0.2, 0.25) is 5.89 Å². The van der Waals surface area contributed by atoms with E-state index in [1.807, 2.05) is 12.1 Å². The molecule has 0 bridgehead atoms. The van der Waals surface area contributed by atoms with Gasteiger partial charge in [-0.1, -0.05) is 29.3 Å². The van der Waals surface area contributed by atoms with E-state index >= 15 is 0 Å². The predicted octanol–water partition coefficient (Wildman–Crippen LogP) is 4.33. The number of hydrogen-bond acceptors (Lipinski definition) is 4. The lowest BCUT2D eigenvalue weighted by molar-refractivity contribution is 0.0996. The fraction of sp³-hybridized carbons (Fsp3) is 0.0588. The van der Waals surface area contributed by atoms with E-state index in [1.54, 1.807) is 24.3 Å². The van der Waals surface area contributed by atoms with Gasteiger partial charge in [-0.2, -0.15) is 0 Å². The van der Waals surface area contributed by atoms with E-state index < -0.39 is 5.91 Å². The first-order chi connectivity index (χ1) is 11.5. The maximum Gasteiger partial charge on any atom is 0.252 e. The van der Waals surface area contributed by atoms with Crippen LogP contribution in [0.4, 0.5) is 0 Å². The number of carbonyl (C=O) groups excluding carboxylic acids is 1. The van der Waals surface area contributed by atoms with Crippen molar-refractivity contribution in [1.29, 1.82) is 0 Å². The van der Waals surface area contributed by atoms with Gasteiger partial charge in [-0.3, -0.25) is 4.79 Å². The molecule has 0 saturated heterocycles. The van der Waals surface area contributed by atoms with Crippen LogP contribution in [0.2, 0.25) is 10.0 Å². The average molecular weight is 363 g/mol. The van der Waals surface area contributed by atoms with Crippen molar-refractivity contribution in [2.75, 3.05) is 0 Å². The molecule has 0 radical (unpaired) electrons. The highest BCUT2D eigenvalue weighted by Gasteiger charge is 2.12. The number of rotatable bonds is 5. The number of aromatic nitrogens is 1. The number of benzene rings is 2. The smallest absolute Gasteiger partial charge is 0.252 e. The first kappa shape index (κ1) is 16.4. The normalized spacial score (nSPS) is 10.6. The molecule has 1 amide bonds. The molecule has 0 spiro atoms. The maximum atomic E-state index is 11.4. The summed E-state index contributed by atoms with van der Waals surface area (Å²) in [6.45, 7) is 0.117. The molecule has 0 unspecified atom stereocenters. The summed E-state index contributed by atoms with van der Waals surface area (Å²) in [7, 11) is 0. The van der Waals surface area contributed by atoms with Gasteiger partial charge in [0.25, 0.3) is 5.91 Å². The topological polar surface area (TPSA) is 78.4 Å². The van der Waals surface area contributed by atoms with E-state index in [0.717, 1.165) is 5.56 Å². The van der Waals surface area contributed by atoms with Crippen LogP contribution in [0.1, 0.15) is 16.1 Å². The summed E-state index contributed by atoms with van der Waals surface area (Å²) in [5.41, 5.74) is 6.86. The molecule has 0 atom stereocenters. The molecule has 0 fully saturated rings. The number of primary amides is 1. The van der Waals surface area contributed by atoms with Crippen LogP contribution in [0, 0.1) is 0 Å². The van der Waals surface area contributed by atoms with Crippen LogP contribution in [0.25, 0.3) is 11.5 Å². The number of carbonyl (C=O) groups is 1. The Labute approximate surface area is 148 Å². The highest BCUT2D eigenvalue weighted by Crippen LogP contribution is 2.25. The summed E-state index contributed by atoms with van der Waals surface area (Å²) in [6.07, 6.45) is 1.48. The Bertz CT molecular complexity index is 893. The molecule has 24 heavy (non-hydrogen) atoms. The quantitative estimate of drug-likeness (QED) is 0.732. The zero-order valence-corrected chi connectivity index (χ0v) is 13.8. The van der Waals surface area contributed by atoms with E-state index in [4.69, 9.17) is 38.1 Å². The van der Waals surface area contributed by atoms with Gasteiger partial charge in [-0.25, -0.2) is 4.98 Å². The third-order valence-electron chi connectivity index (χ3n) is 3.21. The number of amides is 1. The second-order valence-electron chi connectivity index (χ2n) is 4.95. The minimum Gasteiger partial charge on any atom is -0.486 e. The molecule has 3 rings (SSSR count). The second-order valence-corrected chi connectivity index (χ2v) is 5.82. The zero-order chi connectivity index (χ0) is 17.1. The maximum absolute atomic E-state index is 11.4. The Morgan fingerprint density at radius 2 is 1.96 bits per heavy atom. The largest absolute Gasteiger partial charge is 0.486 e. The van der Waals surface area contributed by atoms with Crippen LogP contribution >= 0.6 is 23.2 Å². The van der Waals surface area contributed by atoms with Crippen molar-refractivity contribution in [1.82, 2.24) is 4.98 Å². The van der Waals surface area contributed by atoms with Crippen molar-refractivity contribution in [2.45, 2.75) is 6.61 Å². The van der Waals surface area contributed by atoms with Gasteiger partial charge < -0.3 is 14.9 Å². The third kappa shape index (κ3) is 3.69. The molecule has 1 heterocycles. The van der Waals surface area contributed by atoms with E-state index in [0.29, 0.717) is 27.4 Å². The first-order valence-electron chi connectivity index (χ1n) is 6.95. The van der Waals surface area contributed by atoms with Crippen molar-refractivity contribution in [3.63, 3.8) is 0 Å². The van der Waals surface area contributed by atoms with Crippen LogP contribution < -0.4 is 10.5 Å². The van der Waals surface area contributed by atoms with Gasteiger partial charge in [0.05, 0.1) is 5.56 Å². The lowest BCUT2D eigenvalue weighted by Gasteiger charge is -2.08. The number of ether oxygens (including phenoxy) is 1. The Kier molecular flexibility index (Phi) is 4.74. The van der Waals surface area contributed by atoms with Crippen molar-refractivity contribution in [2.24, 2.45) is 5.73 Å². The van der Waals surface area contributed by atoms with E-state index in [-0.39, 0.29) is 12.2 Å². The third-order valence-corrected chi connectivity index (χ3v) is 3.68. The highest BCUT2D eigenvalue weighted by molar-refractivity contribution is 6.31. The molecule has 7 heteroatoms. The lowest BCUT2D eigenvalue weighted by Crippen LogP contribution is -2.13. The summed E-state index contributed by atoms with van der Waals surface area (Å²) >= 11 is 11.8. The van der Waals surface area contributed by atoms with Crippen LogP contribution in [0.3, 0.4) is 0 Å². The Balaban J connectivity index is 1.76. The van der Waals surface area contributed by atoms with Gasteiger partial charge in [0, 0.05) is 15.6 Å². The molecule has 3 aromatic rings. The molecule has 0 saturated carbocycles. The SMILES string of the molecule is NC(=O)c1cc(Cl)ccc1OCc1coc(-c2cccc(Cl)c2)n1. The highest BCUT2D eigenvalue weighted by atomic mass is 35.5. The second kappa shape index (κ2) is 6.95. The van der Waals surface area contributed by atoms with Gasteiger partial charge in [-0.05, 0) is 36.4 Å². The molecule has 1 aromatic heterocycles. The number of nitrogens with two attached hydrogens (primary N) is 1. The van der Waals surface area contributed by atoms with E-state index in [1.165, 1.54) is 12.3 Å². The molecule has 5 nitrogen and oxygen atoms in total. The van der Waals surface area contributed by atoms with E-state index in [2.05, 4.69) is 4.98 Å². The van der Waals surface area contributed by atoms with Gasteiger partial charge in [-0.15, -0.1) is 0 Å². The van der Waals surface area contributed by atoms with Gasteiger partial charge in [0.15, 0.2) is 0 Å². The van der Waals surface area contributed by atoms with Crippen LogP contribution in [0.5, 0.6) is 5.75 Å². The minimum absolute atomic E-state index is 0.117. The molecular formula is C17H12Cl2N2O3. The van der Waals surface area contributed by atoms with Gasteiger partial charge >= 0.3 is 0 Å². The summed E-state index contributed by atoms with van der Waals surface area (Å²) < 4.78 is 11.0. The van der Waals surface area contributed by atoms with Crippen molar-refractivity contribution >= 4 is 29.1 Å². The number of halogens is 2. The molecule has 2 aromatic carbocycles.